The highest BCUT2D eigenvalue weighted by molar-refractivity contribution is 6.30. The van der Waals surface area contributed by atoms with Crippen LogP contribution < -0.4 is 0 Å². The van der Waals surface area contributed by atoms with Gasteiger partial charge in [-0.1, -0.05) is 17.7 Å². The van der Waals surface area contributed by atoms with Crippen molar-refractivity contribution >= 4 is 11.6 Å². The smallest absolute Gasteiger partial charge is 0.142 e. The molecule has 0 bridgehead atoms. The molecule has 0 aliphatic heterocycles. The zero-order valence-corrected chi connectivity index (χ0v) is 17.4. The van der Waals surface area contributed by atoms with Crippen LogP contribution >= 0.6 is 11.6 Å². The molecule has 4 unspecified atom stereocenters. The minimum absolute atomic E-state index is 0.239. The summed E-state index contributed by atoms with van der Waals surface area (Å²) in [6, 6.07) is 5.41. The molecule has 0 spiro atoms. The van der Waals surface area contributed by atoms with Crippen LogP contribution in [0, 0.1) is 29.5 Å². The fraction of sp³-hybridized carbons (Fsp3) is 0.750. The molecule has 4 atom stereocenters. The van der Waals surface area contributed by atoms with Crippen LogP contribution in [0.4, 0.5) is 4.39 Å². The van der Waals surface area contributed by atoms with Crippen LogP contribution in [-0.2, 0) is 4.74 Å². The summed E-state index contributed by atoms with van der Waals surface area (Å²) in [6.45, 7) is 2.99. The van der Waals surface area contributed by atoms with Gasteiger partial charge in [0.2, 0.25) is 0 Å². The SMILES string of the molecule is CCOC1CCC2CC(C3CCC(c4ccc(Cl)c(F)c4)CC3)CCC2C1. The van der Waals surface area contributed by atoms with E-state index >= 15 is 0 Å². The molecule has 3 aliphatic carbocycles. The lowest BCUT2D eigenvalue weighted by Gasteiger charge is -2.45. The maximum atomic E-state index is 13.8. The topological polar surface area (TPSA) is 9.23 Å². The van der Waals surface area contributed by atoms with Crippen molar-refractivity contribution < 1.29 is 9.13 Å². The monoisotopic (exact) mass is 392 g/mol. The van der Waals surface area contributed by atoms with E-state index in [1.54, 1.807) is 12.1 Å². The number of rotatable bonds is 4. The summed E-state index contributed by atoms with van der Waals surface area (Å²) in [5.74, 6) is 3.94. The quantitative estimate of drug-likeness (QED) is 0.519. The summed E-state index contributed by atoms with van der Waals surface area (Å²) < 4.78 is 19.7. The van der Waals surface area contributed by atoms with Crippen LogP contribution in [0.2, 0.25) is 5.02 Å². The van der Waals surface area contributed by atoms with Gasteiger partial charge in [-0.15, -0.1) is 0 Å². The van der Waals surface area contributed by atoms with Gasteiger partial charge in [-0.2, -0.15) is 0 Å². The molecule has 0 saturated heterocycles. The van der Waals surface area contributed by atoms with E-state index in [1.807, 2.05) is 6.07 Å². The Hall–Kier alpha value is -0.600. The maximum Gasteiger partial charge on any atom is 0.142 e. The Morgan fingerprint density at radius 1 is 0.889 bits per heavy atom. The highest BCUT2D eigenvalue weighted by atomic mass is 35.5. The van der Waals surface area contributed by atoms with Crippen molar-refractivity contribution in [1.82, 2.24) is 0 Å². The summed E-state index contributed by atoms with van der Waals surface area (Å²) in [5, 5.41) is 0.239. The molecule has 4 rings (SSSR count). The van der Waals surface area contributed by atoms with Crippen molar-refractivity contribution in [2.24, 2.45) is 23.7 Å². The number of hydrogen-bond donors (Lipinski definition) is 0. The Morgan fingerprint density at radius 2 is 1.52 bits per heavy atom. The molecule has 27 heavy (non-hydrogen) atoms. The minimum atomic E-state index is -0.266. The fourth-order valence-electron chi connectivity index (χ4n) is 6.39. The lowest BCUT2D eigenvalue weighted by Crippen LogP contribution is -2.36. The number of benzene rings is 1. The van der Waals surface area contributed by atoms with E-state index in [1.165, 1.54) is 64.2 Å². The predicted molar refractivity (Wildman–Crippen MR) is 110 cm³/mol. The molecule has 0 heterocycles. The number of fused-ring (bicyclic) bond motifs is 1. The summed E-state index contributed by atoms with van der Waals surface area (Å²) in [6.07, 6.45) is 13.8. The summed E-state index contributed by atoms with van der Waals surface area (Å²) in [5.41, 5.74) is 1.15. The summed E-state index contributed by atoms with van der Waals surface area (Å²) >= 11 is 5.84. The second-order valence-corrected chi connectivity index (χ2v) is 9.68. The predicted octanol–water partition coefficient (Wildman–Crippen LogP) is 7.37. The lowest BCUT2D eigenvalue weighted by molar-refractivity contribution is -0.0205. The number of hydrogen-bond acceptors (Lipinski definition) is 1. The van der Waals surface area contributed by atoms with Crippen molar-refractivity contribution in [2.75, 3.05) is 6.61 Å². The third-order valence-corrected chi connectivity index (χ3v) is 8.17. The van der Waals surface area contributed by atoms with Crippen LogP contribution in [0.25, 0.3) is 0 Å². The van der Waals surface area contributed by atoms with E-state index in [0.29, 0.717) is 12.0 Å². The molecule has 3 fully saturated rings. The van der Waals surface area contributed by atoms with Gasteiger partial charge in [-0.05, 0) is 118 Å². The highest BCUT2D eigenvalue weighted by Crippen LogP contribution is 2.49. The standard InChI is InChI=1S/C24H34ClFO/c1-2-27-22-11-9-19-13-18(7-8-20(19)14-22)16-3-5-17(6-4-16)21-10-12-23(25)24(26)15-21/h10,12,15-20,22H,2-9,11,13-14H2,1H3. The van der Waals surface area contributed by atoms with Gasteiger partial charge in [0.1, 0.15) is 5.82 Å². The number of ether oxygens (including phenoxy) is 1. The van der Waals surface area contributed by atoms with Crippen LogP contribution in [0.15, 0.2) is 18.2 Å². The molecule has 3 aliphatic rings. The first kappa shape index (κ1) is 19.7. The van der Waals surface area contributed by atoms with E-state index in [4.69, 9.17) is 16.3 Å². The van der Waals surface area contributed by atoms with Crippen molar-refractivity contribution in [1.29, 1.82) is 0 Å². The van der Waals surface area contributed by atoms with Gasteiger partial charge >= 0.3 is 0 Å². The second kappa shape index (κ2) is 8.82. The maximum absolute atomic E-state index is 13.8. The average molecular weight is 393 g/mol. The Balaban J connectivity index is 1.28. The van der Waals surface area contributed by atoms with E-state index < -0.39 is 0 Å². The van der Waals surface area contributed by atoms with E-state index in [9.17, 15) is 4.39 Å². The zero-order chi connectivity index (χ0) is 18.8. The molecule has 0 N–H and O–H groups in total. The van der Waals surface area contributed by atoms with Gasteiger partial charge in [0.25, 0.3) is 0 Å². The van der Waals surface area contributed by atoms with Crippen molar-refractivity contribution in [3.8, 4) is 0 Å². The van der Waals surface area contributed by atoms with Crippen molar-refractivity contribution in [3.63, 3.8) is 0 Å². The molecule has 1 aromatic rings. The minimum Gasteiger partial charge on any atom is -0.378 e. The Kier molecular flexibility index (Phi) is 6.44. The van der Waals surface area contributed by atoms with Crippen LogP contribution in [0.5, 0.6) is 0 Å². The third-order valence-electron chi connectivity index (χ3n) is 7.86. The lowest BCUT2D eigenvalue weighted by atomic mass is 9.62. The molecule has 3 saturated carbocycles. The van der Waals surface area contributed by atoms with Crippen molar-refractivity contribution in [2.45, 2.75) is 83.2 Å². The molecular weight excluding hydrogens is 359 g/mol. The van der Waals surface area contributed by atoms with E-state index in [-0.39, 0.29) is 10.8 Å². The fourth-order valence-corrected chi connectivity index (χ4v) is 6.51. The highest BCUT2D eigenvalue weighted by Gasteiger charge is 2.39. The molecule has 0 aromatic heterocycles. The van der Waals surface area contributed by atoms with Gasteiger partial charge < -0.3 is 4.74 Å². The first-order valence-corrected chi connectivity index (χ1v) is 11.6. The molecule has 150 valence electrons. The van der Waals surface area contributed by atoms with Gasteiger partial charge in [-0.3, -0.25) is 0 Å². The summed E-state index contributed by atoms with van der Waals surface area (Å²) in [7, 11) is 0. The van der Waals surface area contributed by atoms with Gasteiger partial charge in [0.15, 0.2) is 0 Å². The molecule has 0 amide bonds. The molecule has 1 aromatic carbocycles. The average Bonchev–Trinajstić information content (AvgIpc) is 2.70. The Labute approximate surface area is 169 Å². The Morgan fingerprint density at radius 3 is 2.22 bits per heavy atom. The molecular formula is C24H34ClFO. The largest absolute Gasteiger partial charge is 0.378 e. The second-order valence-electron chi connectivity index (χ2n) is 9.27. The van der Waals surface area contributed by atoms with E-state index in [0.717, 1.165) is 35.8 Å². The van der Waals surface area contributed by atoms with Crippen LogP contribution in [0.3, 0.4) is 0 Å². The number of halogens is 2. The molecule has 0 radical (unpaired) electrons. The van der Waals surface area contributed by atoms with Gasteiger partial charge in [0, 0.05) is 6.61 Å². The zero-order valence-electron chi connectivity index (χ0n) is 16.6. The van der Waals surface area contributed by atoms with Crippen LogP contribution in [-0.4, -0.2) is 12.7 Å². The first-order chi connectivity index (χ1) is 13.1. The first-order valence-electron chi connectivity index (χ1n) is 11.2. The molecule has 1 nitrogen and oxygen atoms in total. The van der Waals surface area contributed by atoms with Crippen LogP contribution in [0.1, 0.15) is 82.6 Å². The van der Waals surface area contributed by atoms with Gasteiger partial charge in [0.05, 0.1) is 11.1 Å². The Bertz CT molecular complexity index is 625. The molecule has 3 heteroatoms. The van der Waals surface area contributed by atoms with E-state index in [2.05, 4.69) is 6.92 Å². The van der Waals surface area contributed by atoms with Crippen molar-refractivity contribution in [3.05, 3.63) is 34.6 Å². The third kappa shape index (κ3) is 4.53. The summed E-state index contributed by atoms with van der Waals surface area (Å²) in [4.78, 5) is 0. The normalized spacial score (nSPS) is 37.0. The van der Waals surface area contributed by atoms with Gasteiger partial charge in [-0.25, -0.2) is 4.39 Å².